The maximum absolute atomic E-state index is 11.9. The summed E-state index contributed by atoms with van der Waals surface area (Å²) < 4.78 is 10.3. The Bertz CT molecular complexity index is 386. The van der Waals surface area contributed by atoms with Gasteiger partial charge in [0.15, 0.2) is 6.61 Å². The van der Waals surface area contributed by atoms with E-state index in [-0.39, 0.29) is 18.6 Å². The molecule has 1 fully saturated rings. The van der Waals surface area contributed by atoms with Crippen LogP contribution >= 0.6 is 0 Å². The second-order valence-corrected chi connectivity index (χ2v) is 6.61. The van der Waals surface area contributed by atoms with Crippen LogP contribution in [0.1, 0.15) is 40.5 Å². The average molecular weight is 316 g/mol. The number of esters is 1. The topological polar surface area (TPSA) is 79.3 Å². The minimum Gasteiger partial charge on any atom is -0.456 e. The molecule has 1 saturated heterocycles. The zero-order valence-corrected chi connectivity index (χ0v) is 14.2. The summed E-state index contributed by atoms with van der Waals surface area (Å²) in [7, 11) is 1.72. The van der Waals surface area contributed by atoms with Crippen molar-refractivity contribution in [3.05, 3.63) is 0 Å². The smallest absolute Gasteiger partial charge is 0.303 e. The molecule has 7 nitrogen and oxygen atoms in total. The van der Waals surface area contributed by atoms with Gasteiger partial charge in [-0.05, 0) is 33.6 Å². The summed E-state index contributed by atoms with van der Waals surface area (Å²) in [6.45, 7) is 8.03. The number of hydrogen-bond donors (Lipinski definition) is 1. The summed E-state index contributed by atoms with van der Waals surface area (Å²) >= 11 is 0. The molecule has 1 amide bonds. The maximum Gasteiger partial charge on any atom is 0.303 e. The molecule has 7 heteroatoms. The number of carbonyl (C=O) groups is 2. The van der Waals surface area contributed by atoms with Gasteiger partial charge in [0.2, 0.25) is 6.41 Å². The van der Waals surface area contributed by atoms with E-state index in [1.165, 1.54) is 6.92 Å². The van der Waals surface area contributed by atoms with Crippen LogP contribution in [0.15, 0.2) is 0 Å². The van der Waals surface area contributed by atoms with Crippen molar-refractivity contribution in [2.45, 2.75) is 58.6 Å². The fourth-order valence-corrected chi connectivity index (χ4v) is 2.35. The molecule has 0 aromatic rings. The van der Waals surface area contributed by atoms with Gasteiger partial charge < -0.3 is 19.5 Å². The molecular weight excluding hydrogens is 288 g/mol. The fraction of sp³-hybridized carbons (Fsp3) is 0.867. The van der Waals surface area contributed by atoms with Gasteiger partial charge in [0.05, 0.1) is 5.60 Å². The second kappa shape index (κ2) is 7.89. The number of likely N-dealkylation sites (tertiary alicyclic amines) is 1. The zero-order valence-electron chi connectivity index (χ0n) is 14.2. The zero-order chi connectivity index (χ0) is 16.9. The number of rotatable bonds is 5. The number of nitrogens with zero attached hydrogens (tertiary/aromatic N) is 2. The van der Waals surface area contributed by atoms with Crippen molar-refractivity contribution in [2.24, 2.45) is 0 Å². The molecule has 1 aliphatic rings. The molecule has 1 aliphatic heterocycles. The van der Waals surface area contributed by atoms with Gasteiger partial charge in [-0.25, -0.2) is 0 Å². The predicted molar refractivity (Wildman–Crippen MR) is 80.8 cm³/mol. The molecule has 0 aromatic heterocycles. The van der Waals surface area contributed by atoms with Crippen LogP contribution in [-0.2, 0) is 19.1 Å². The van der Waals surface area contributed by atoms with E-state index in [0.717, 1.165) is 12.8 Å². The van der Waals surface area contributed by atoms with Crippen molar-refractivity contribution in [3.63, 3.8) is 0 Å². The van der Waals surface area contributed by atoms with Gasteiger partial charge in [0.1, 0.15) is 0 Å². The monoisotopic (exact) mass is 316 g/mol. The van der Waals surface area contributed by atoms with Gasteiger partial charge in [-0.15, -0.1) is 0 Å². The number of carbonyl (C=O) groups excluding carboxylic acids is 2. The van der Waals surface area contributed by atoms with Crippen molar-refractivity contribution in [3.8, 4) is 0 Å². The third-order valence-electron chi connectivity index (χ3n) is 3.61. The van der Waals surface area contributed by atoms with E-state index in [1.807, 2.05) is 25.7 Å². The summed E-state index contributed by atoms with van der Waals surface area (Å²) in [6, 6.07) is 0.0844. The van der Waals surface area contributed by atoms with Gasteiger partial charge in [0, 0.05) is 33.1 Å². The molecule has 1 unspecified atom stereocenters. The summed E-state index contributed by atoms with van der Waals surface area (Å²) in [5.74, 6) is -0.667. The van der Waals surface area contributed by atoms with E-state index in [0.29, 0.717) is 13.1 Å². The summed E-state index contributed by atoms with van der Waals surface area (Å²) in [5, 5.41) is 10.1. The molecule has 22 heavy (non-hydrogen) atoms. The van der Waals surface area contributed by atoms with Crippen LogP contribution < -0.4 is 0 Å². The summed E-state index contributed by atoms with van der Waals surface area (Å²) in [6.07, 6.45) is 0.558. The second-order valence-electron chi connectivity index (χ2n) is 6.61. The Kier molecular flexibility index (Phi) is 6.77. The molecule has 0 bridgehead atoms. The lowest BCUT2D eigenvalue weighted by Gasteiger charge is -2.39. The highest BCUT2D eigenvalue weighted by atomic mass is 16.6. The van der Waals surface area contributed by atoms with E-state index in [4.69, 9.17) is 9.47 Å². The Morgan fingerprint density at radius 2 is 1.86 bits per heavy atom. The number of amides is 1. The molecule has 0 aliphatic carbocycles. The van der Waals surface area contributed by atoms with E-state index in [1.54, 1.807) is 11.9 Å². The standard InChI is InChI=1S/C15H28N2O5/c1-11(18)21-10-13(19)16(5)12-6-8-17(9-7-12)14(20)22-15(2,3)4/h12,14,20H,6-10H2,1-5H3. The van der Waals surface area contributed by atoms with Crippen molar-refractivity contribution in [1.29, 1.82) is 0 Å². The average Bonchev–Trinajstić information content (AvgIpc) is 2.42. The van der Waals surface area contributed by atoms with E-state index >= 15 is 0 Å². The van der Waals surface area contributed by atoms with Crippen LogP contribution in [0.25, 0.3) is 0 Å². The lowest BCUT2D eigenvalue weighted by atomic mass is 10.0. The molecule has 1 rings (SSSR count). The van der Waals surface area contributed by atoms with E-state index < -0.39 is 18.0 Å². The molecular formula is C15H28N2O5. The van der Waals surface area contributed by atoms with Crippen LogP contribution in [0.2, 0.25) is 0 Å². The molecule has 1 N–H and O–H groups in total. The van der Waals surface area contributed by atoms with Gasteiger partial charge in [-0.1, -0.05) is 0 Å². The largest absolute Gasteiger partial charge is 0.456 e. The minimum atomic E-state index is -0.928. The van der Waals surface area contributed by atoms with Crippen molar-refractivity contribution in [2.75, 3.05) is 26.7 Å². The van der Waals surface area contributed by atoms with Gasteiger partial charge in [-0.2, -0.15) is 0 Å². The first-order valence-corrected chi connectivity index (χ1v) is 7.59. The highest BCUT2D eigenvalue weighted by Crippen LogP contribution is 2.20. The highest BCUT2D eigenvalue weighted by Gasteiger charge is 2.30. The number of hydrogen-bond acceptors (Lipinski definition) is 6. The predicted octanol–water partition coefficient (Wildman–Crippen LogP) is 0.563. The third kappa shape index (κ3) is 6.29. The molecule has 128 valence electrons. The van der Waals surface area contributed by atoms with Gasteiger partial charge in [-0.3, -0.25) is 14.5 Å². The molecule has 0 aromatic carbocycles. The molecule has 0 spiro atoms. The number of aliphatic hydroxyl groups excluding tert-OH is 1. The minimum absolute atomic E-state index is 0.0844. The highest BCUT2D eigenvalue weighted by molar-refractivity contribution is 5.80. The van der Waals surface area contributed by atoms with Crippen LogP contribution in [0.3, 0.4) is 0 Å². The quantitative estimate of drug-likeness (QED) is 0.590. The fourth-order valence-electron chi connectivity index (χ4n) is 2.35. The van der Waals surface area contributed by atoms with Crippen molar-refractivity contribution >= 4 is 11.9 Å². The summed E-state index contributed by atoms with van der Waals surface area (Å²) in [5.41, 5.74) is -0.410. The van der Waals surface area contributed by atoms with Crippen LogP contribution in [0.4, 0.5) is 0 Å². The SMILES string of the molecule is CC(=O)OCC(=O)N(C)C1CCN(C(O)OC(C)(C)C)CC1. The first-order valence-electron chi connectivity index (χ1n) is 7.59. The lowest BCUT2D eigenvalue weighted by Crippen LogP contribution is -2.51. The number of piperidine rings is 1. The van der Waals surface area contributed by atoms with Crippen molar-refractivity contribution in [1.82, 2.24) is 9.80 Å². The number of ether oxygens (including phenoxy) is 2. The van der Waals surface area contributed by atoms with E-state index in [2.05, 4.69) is 0 Å². The number of aliphatic hydroxyl groups is 1. The molecule has 0 saturated carbocycles. The van der Waals surface area contributed by atoms with Crippen LogP contribution in [-0.4, -0.2) is 71.6 Å². The lowest BCUT2D eigenvalue weighted by molar-refractivity contribution is -0.243. The molecule has 0 radical (unpaired) electrons. The first kappa shape index (κ1) is 18.9. The van der Waals surface area contributed by atoms with Crippen molar-refractivity contribution < 1.29 is 24.2 Å². The van der Waals surface area contributed by atoms with Gasteiger partial charge in [0.25, 0.3) is 5.91 Å². The Morgan fingerprint density at radius 3 is 2.32 bits per heavy atom. The van der Waals surface area contributed by atoms with Crippen LogP contribution in [0.5, 0.6) is 0 Å². The number of likely N-dealkylation sites (N-methyl/N-ethyl adjacent to an activating group) is 1. The first-order chi connectivity index (χ1) is 10.1. The Labute approximate surface area is 132 Å². The maximum atomic E-state index is 11.9. The Balaban J connectivity index is 2.41. The molecule has 1 atom stereocenters. The Hall–Kier alpha value is -1.18. The Morgan fingerprint density at radius 1 is 1.32 bits per heavy atom. The van der Waals surface area contributed by atoms with Gasteiger partial charge >= 0.3 is 5.97 Å². The summed E-state index contributed by atoms with van der Waals surface area (Å²) in [4.78, 5) is 26.1. The van der Waals surface area contributed by atoms with E-state index in [9.17, 15) is 14.7 Å². The normalized spacial score (nSPS) is 18.8. The van der Waals surface area contributed by atoms with Crippen LogP contribution in [0, 0.1) is 0 Å². The molecule has 1 heterocycles. The third-order valence-corrected chi connectivity index (χ3v) is 3.61.